The van der Waals surface area contributed by atoms with Crippen LogP contribution in [0.3, 0.4) is 0 Å². The summed E-state index contributed by atoms with van der Waals surface area (Å²) in [6.45, 7) is 1.79. The quantitative estimate of drug-likeness (QED) is 0.501. The highest BCUT2D eigenvalue weighted by Crippen LogP contribution is 2.20. The van der Waals surface area contributed by atoms with E-state index in [4.69, 9.17) is 4.74 Å². The molecule has 0 atom stereocenters. The molecule has 0 unspecified atom stereocenters. The standard InChI is InChI=1S/C17H17FN2O2S/c1-12(13-6-5-7-14(10-13)22-2)19-20-17(21)11-23-16-9-4-3-8-15(16)18/h3-10H,11H2,1-2H3,(H,20,21)/b19-12+. The van der Waals surface area contributed by atoms with Gasteiger partial charge < -0.3 is 4.74 Å². The number of hydrogen-bond acceptors (Lipinski definition) is 4. The summed E-state index contributed by atoms with van der Waals surface area (Å²) in [6.07, 6.45) is 0. The third-order valence-corrected chi connectivity index (χ3v) is 4.08. The SMILES string of the molecule is COc1cccc(/C(C)=N/NC(=O)CSc2ccccc2F)c1. The molecule has 23 heavy (non-hydrogen) atoms. The van der Waals surface area contributed by atoms with Crippen LogP contribution < -0.4 is 10.2 Å². The van der Waals surface area contributed by atoms with Gasteiger partial charge in [-0.3, -0.25) is 4.79 Å². The molecule has 1 N–H and O–H groups in total. The summed E-state index contributed by atoms with van der Waals surface area (Å²) in [5.74, 6) is 0.191. The molecule has 1 amide bonds. The molecule has 2 rings (SSSR count). The number of ether oxygens (including phenoxy) is 1. The van der Waals surface area contributed by atoms with Crippen molar-refractivity contribution in [2.45, 2.75) is 11.8 Å². The van der Waals surface area contributed by atoms with Gasteiger partial charge in [0.05, 0.1) is 18.6 Å². The Balaban J connectivity index is 1.91. The zero-order valence-corrected chi connectivity index (χ0v) is 13.7. The first kappa shape index (κ1) is 17.0. The lowest BCUT2D eigenvalue weighted by Crippen LogP contribution is -2.21. The van der Waals surface area contributed by atoms with Gasteiger partial charge in [0.2, 0.25) is 5.91 Å². The fourth-order valence-electron chi connectivity index (χ4n) is 1.80. The maximum Gasteiger partial charge on any atom is 0.250 e. The summed E-state index contributed by atoms with van der Waals surface area (Å²) in [5, 5.41) is 4.06. The molecule has 4 nitrogen and oxygen atoms in total. The number of halogens is 1. The summed E-state index contributed by atoms with van der Waals surface area (Å²) in [7, 11) is 1.59. The molecule has 0 spiro atoms. The smallest absolute Gasteiger partial charge is 0.250 e. The van der Waals surface area contributed by atoms with Gasteiger partial charge in [-0.2, -0.15) is 5.10 Å². The number of hydrazone groups is 1. The van der Waals surface area contributed by atoms with Gasteiger partial charge in [-0.15, -0.1) is 11.8 Å². The lowest BCUT2D eigenvalue weighted by molar-refractivity contribution is -0.118. The van der Waals surface area contributed by atoms with E-state index in [1.165, 1.54) is 6.07 Å². The number of nitrogens with one attached hydrogen (secondary N) is 1. The van der Waals surface area contributed by atoms with Crippen molar-refractivity contribution in [2.24, 2.45) is 5.10 Å². The van der Waals surface area contributed by atoms with Crippen LogP contribution in [-0.2, 0) is 4.79 Å². The highest BCUT2D eigenvalue weighted by Gasteiger charge is 2.06. The molecule has 120 valence electrons. The Kier molecular flexibility index (Phi) is 6.17. The van der Waals surface area contributed by atoms with Crippen molar-refractivity contribution in [1.82, 2.24) is 5.43 Å². The number of carbonyl (C=O) groups is 1. The van der Waals surface area contributed by atoms with E-state index in [0.29, 0.717) is 10.6 Å². The molecule has 0 heterocycles. The normalized spacial score (nSPS) is 11.2. The molecule has 2 aromatic rings. The first-order valence-corrected chi connectivity index (χ1v) is 7.93. The van der Waals surface area contributed by atoms with Crippen molar-refractivity contribution < 1.29 is 13.9 Å². The number of methoxy groups -OCH3 is 1. The van der Waals surface area contributed by atoms with E-state index >= 15 is 0 Å². The Morgan fingerprint density at radius 3 is 2.78 bits per heavy atom. The summed E-state index contributed by atoms with van der Waals surface area (Å²) in [5.41, 5.74) is 3.99. The maximum absolute atomic E-state index is 13.5. The molecule has 0 radical (unpaired) electrons. The van der Waals surface area contributed by atoms with Crippen LogP contribution in [0.4, 0.5) is 4.39 Å². The van der Waals surface area contributed by atoms with Crippen LogP contribution in [0.2, 0.25) is 0 Å². The predicted octanol–water partition coefficient (Wildman–Crippen LogP) is 3.47. The highest BCUT2D eigenvalue weighted by molar-refractivity contribution is 8.00. The predicted molar refractivity (Wildman–Crippen MR) is 90.5 cm³/mol. The van der Waals surface area contributed by atoms with E-state index in [9.17, 15) is 9.18 Å². The van der Waals surface area contributed by atoms with Gasteiger partial charge >= 0.3 is 0 Å². The lowest BCUT2D eigenvalue weighted by atomic mass is 10.1. The Morgan fingerprint density at radius 1 is 1.26 bits per heavy atom. The molecule has 0 aliphatic rings. The fraction of sp³-hybridized carbons (Fsp3) is 0.176. The van der Waals surface area contributed by atoms with Gasteiger partial charge in [0.1, 0.15) is 11.6 Å². The summed E-state index contributed by atoms with van der Waals surface area (Å²) in [4.78, 5) is 12.2. The Bertz CT molecular complexity index is 719. The number of benzene rings is 2. The molecule has 2 aromatic carbocycles. The van der Waals surface area contributed by atoms with Gasteiger partial charge in [-0.05, 0) is 31.2 Å². The molecule has 0 fully saturated rings. The first-order valence-electron chi connectivity index (χ1n) is 6.95. The second-order valence-electron chi connectivity index (χ2n) is 4.68. The number of carbonyl (C=O) groups excluding carboxylic acids is 1. The van der Waals surface area contributed by atoms with Crippen molar-refractivity contribution in [1.29, 1.82) is 0 Å². The average molecular weight is 332 g/mol. The van der Waals surface area contributed by atoms with Crippen LogP contribution in [0.25, 0.3) is 0 Å². The highest BCUT2D eigenvalue weighted by atomic mass is 32.2. The van der Waals surface area contributed by atoms with Gasteiger partial charge in [-0.25, -0.2) is 9.82 Å². The van der Waals surface area contributed by atoms with E-state index in [0.717, 1.165) is 23.1 Å². The number of amides is 1. The van der Waals surface area contributed by atoms with Crippen molar-refractivity contribution in [3.05, 3.63) is 59.9 Å². The summed E-state index contributed by atoms with van der Waals surface area (Å²) >= 11 is 1.13. The average Bonchev–Trinajstić information content (AvgIpc) is 2.59. The van der Waals surface area contributed by atoms with Crippen molar-refractivity contribution in [2.75, 3.05) is 12.9 Å². The van der Waals surface area contributed by atoms with Crippen LogP contribution in [0.1, 0.15) is 12.5 Å². The second kappa shape index (κ2) is 8.33. The summed E-state index contributed by atoms with van der Waals surface area (Å²) < 4.78 is 18.6. The second-order valence-corrected chi connectivity index (χ2v) is 5.70. The number of rotatable bonds is 6. The third-order valence-electron chi connectivity index (χ3n) is 3.03. The minimum absolute atomic E-state index is 0.0931. The molecular formula is C17H17FN2O2S. The van der Waals surface area contributed by atoms with Crippen molar-refractivity contribution in [3.63, 3.8) is 0 Å². The molecule has 0 saturated heterocycles. The number of hydrogen-bond donors (Lipinski definition) is 1. The lowest BCUT2D eigenvalue weighted by Gasteiger charge is -2.05. The molecule has 0 saturated carbocycles. The molecule has 0 aliphatic carbocycles. The van der Waals surface area contributed by atoms with Crippen molar-refractivity contribution in [3.8, 4) is 5.75 Å². The number of thioether (sulfide) groups is 1. The number of nitrogens with zero attached hydrogens (tertiary/aromatic N) is 1. The van der Waals surface area contributed by atoms with Crippen LogP contribution in [0.15, 0.2) is 58.5 Å². The zero-order chi connectivity index (χ0) is 16.7. The third kappa shape index (κ3) is 5.10. The monoisotopic (exact) mass is 332 g/mol. The van der Waals surface area contributed by atoms with E-state index in [2.05, 4.69) is 10.5 Å². The van der Waals surface area contributed by atoms with E-state index in [-0.39, 0.29) is 17.5 Å². The van der Waals surface area contributed by atoms with Crippen molar-refractivity contribution >= 4 is 23.4 Å². The molecule has 0 aromatic heterocycles. The fourth-order valence-corrected chi connectivity index (χ4v) is 2.53. The first-order chi connectivity index (χ1) is 11.1. The van der Waals surface area contributed by atoms with Gasteiger partial charge in [0.15, 0.2) is 0 Å². The Hall–Kier alpha value is -2.34. The Labute approximate surface area is 138 Å². The van der Waals surface area contributed by atoms with Crippen LogP contribution in [0.5, 0.6) is 5.75 Å². The topological polar surface area (TPSA) is 50.7 Å². The molecular weight excluding hydrogens is 315 g/mol. The molecule has 0 aliphatic heterocycles. The van der Waals surface area contributed by atoms with E-state index in [1.54, 1.807) is 32.2 Å². The van der Waals surface area contributed by atoms with E-state index < -0.39 is 0 Å². The molecule has 0 bridgehead atoms. The maximum atomic E-state index is 13.5. The Morgan fingerprint density at radius 2 is 2.04 bits per heavy atom. The van der Waals surface area contributed by atoms with Gasteiger partial charge in [-0.1, -0.05) is 24.3 Å². The van der Waals surface area contributed by atoms with Crippen LogP contribution in [0, 0.1) is 5.82 Å². The minimum atomic E-state index is -0.332. The summed E-state index contributed by atoms with van der Waals surface area (Å²) in [6, 6.07) is 13.7. The van der Waals surface area contributed by atoms with Gasteiger partial charge in [0.25, 0.3) is 0 Å². The van der Waals surface area contributed by atoms with Crippen LogP contribution >= 0.6 is 11.8 Å². The van der Waals surface area contributed by atoms with E-state index in [1.807, 2.05) is 24.3 Å². The van der Waals surface area contributed by atoms with Crippen LogP contribution in [-0.4, -0.2) is 24.5 Å². The minimum Gasteiger partial charge on any atom is -0.497 e. The zero-order valence-electron chi connectivity index (χ0n) is 12.9. The largest absolute Gasteiger partial charge is 0.497 e. The van der Waals surface area contributed by atoms with Gasteiger partial charge in [0, 0.05) is 10.5 Å². The molecule has 6 heteroatoms.